The summed E-state index contributed by atoms with van der Waals surface area (Å²) in [6, 6.07) is 8.75. The molecule has 0 radical (unpaired) electrons. The SMILES string of the molecule is CCN(C(=O)c1cnn(-c2ccc(Cl)cc2Cl)c1)c1cccnc1. The number of benzene rings is 1. The number of aromatic nitrogens is 3. The number of hydrogen-bond acceptors (Lipinski definition) is 3. The van der Waals surface area contributed by atoms with E-state index >= 15 is 0 Å². The Morgan fingerprint density at radius 2 is 2.08 bits per heavy atom. The highest BCUT2D eigenvalue weighted by molar-refractivity contribution is 6.35. The van der Waals surface area contributed by atoms with E-state index in [1.54, 1.807) is 52.4 Å². The summed E-state index contributed by atoms with van der Waals surface area (Å²) in [7, 11) is 0. The number of carbonyl (C=O) groups is 1. The predicted octanol–water partition coefficient (Wildman–Crippen LogP) is 4.24. The molecule has 0 aliphatic carbocycles. The molecule has 2 heterocycles. The van der Waals surface area contributed by atoms with E-state index in [-0.39, 0.29) is 5.91 Å². The minimum absolute atomic E-state index is 0.151. The van der Waals surface area contributed by atoms with Gasteiger partial charge in [0.05, 0.1) is 34.4 Å². The molecule has 3 rings (SSSR count). The molecule has 0 saturated carbocycles. The van der Waals surface area contributed by atoms with Crippen LogP contribution in [-0.4, -0.2) is 27.2 Å². The second kappa shape index (κ2) is 7.03. The van der Waals surface area contributed by atoms with Crippen molar-refractivity contribution in [1.82, 2.24) is 14.8 Å². The average molecular weight is 361 g/mol. The second-order valence-corrected chi connectivity index (χ2v) is 5.87. The lowest BCUT2D eigenvalue weighted by Gasteiger charge is -2.19. The molecule has 1 amide bonds. The maximum atomic E-state index is 12.8. The highest BCUT2D eigenvalue weighted by atomic mass is 35.5. The number of carbonyl (C=O) groups excluding carboxylic acids is 1. The van der Waals surface area contributed by atoms with Gasteiger partial charge in [-0.25, -0.2) is 4.68 Å². The number of rotatable bonds is 4. The summed E-state index contributed by atoms with van der Waals surface area (Å²) in [5, 5.41) is 5.24. The van der Waals surface area contributed by atoms with E-state index in [0.717, 1.165) is 5.69 Å². The summed E-state index contributed by atoms with van der Waals surface area (Å²) in [6.45, 7) is 2.43. The molecule has 0 saturated heterocycles. The van der Waals surface area contributed by atoms with E-state index in [1.807, 2.05) is 13.0 Å². The van der Waals surface area contributed by atoms with Crippen molar-refractivity contribution in [2.24, 2.45) is 0 Å². The van der Waals surface area contributed by atoms with Gasteiger partial charge in [0.1, 0.15) is 0 Å². The molecule has 3 aromatic rings. The van der Waals surface area contributed by atoms with Crippen molar-refractivity contribution in [1.29, 1.82) is 0 Å². The zero-order valence-corrected chi connectivity index (χ0v) is 14.4. The van der Waals surface area contributed by atoms with Gasteiger partial charge in [-0.2, -0.15) is 5.10 Å². The molecule has 0 N–H and O–H groups in total. The lowest BCUT2D eigenvalue weighted by atomic mass is 10.2. The summed E-state index contributed by atoms with van der Waals surface area (Å²) in [6.07, 6.45) is 6.49. The van der Waals surface area contributed by atoms with Crippen LogP contribution in [0.2, 0.25) is 10.0 Å². The van der Waals surface area contributed by atoms with Gasteiger partial charge in [0, 0.05) is 24.0 Å². The Morgan fingerprint density at radius 3 is 2.75 bits per heavy atom. The van der Waals surface area contributed by atoms with Crippen molar-refractivity contribution in [2.45, 2.75) is 6.92 Å². The maximum Gasteiger partial charge on any atom is 0.261 e. The van der Waals surface area contributed by atoms with Crippen LogP contribution in [0.5, 0.6) is 0 Å². The van der Waals surface area contributed by atoms with Crippen LogP contribution in [0.15, 0.2) is 55.1 Å². The molecule has 0 spiro atoms. The maximum absolute atomic E-state index is 12.8. The molecule has 0 unspecified atom stereocenters. The van der Waals surface area contributed by atoms with Crippen LogP contribution >= 0.6 is 23.2 Å². The van der Waals surface area contributed by atoms with E-state index in [9.17, 15) is 4.79 Å². The topological polar surface area (TPSA) is 51.0 Å². The van der Waals surface area contributed by atoms with Crippen molar-refractivity contribution in [2.75, 3.05) is 11.4 Å². The standard InChI is InChI=1S/C17H14Cl2N4O/c1-2-22(14-4-3-7-20-10-14)17(24)12-9-21-23(11-12)16-6-5-13(18)8-15(16)19/h3-11H,2H2,1H3. The first-order valence-corrected chi connectivity index (χ1v) is 8.07. The van der Waals surface area contributed by atoms with Crippen molar-refractivity contribution in [3.05, 3.63) is 70.7 Å². The van der Waals surface area contributed by atoms with Gasteiger partial charge in [-0.05, 0) is 37.3 Å². The number of halogens is 2. The second-order valence-electron chi connectivity index (χ2n) is 5.03. The molecule has 2 aromatic heterocycles. The van der Waals surface area contributed by atoms with E-state index in [1.165, 1.54) is 6.20 Å². The Hall–Kier alpha value is -2.37. The van der Waals surface area contributed by atoms with Crippen molar-refractivity contribution >= 4 is 34.8 Å². The van der Waals surface area contributed by atoms with Gasteiger partial charge in [0.25, 0.3) is 5.91 Å². The van der Waals surface area contributed by atoms with Gasteiger partial charge in [0.15, 0.2) is 0 Å². The van der Waals surface area contributed by atoms with Gasteiger partial charge in [-0.3, -0.25) is 9.78 Å². The third kappa shape index (κ3) is 3.27. The largest absolute Gasteiger partial charge is 0.307 e. The fourth-order valence-corrected chi connectivity index (χ4v) is 2.84. The zero-order valence-electron chi connectivity index (χ0n) is 12.9. The third-order valence-corrected chi connectivity index (χ3v) is 4.04. The summed E-state index contributed by atoms with van der Waals surface area (Å²) in [4.78, 5) is 18.4. The van der Waals surface area contributed by atoms with Gasteiger partial charge in [-0.1, -0.05) is 23.2 Å². The molecule has 0 fully saturated rings. The molecule has 0 aliphatic heterocycles. The molecule has 0 atom stereocenters. The first-order valence-electron chi connectivity index (χ1n) is 7.32. The molecule has 0 aliphatic rings. The number of hydrogen-bond donors (Lipinski definition) is 0. The Balaban J connectivity index is 1.91. The first-order chi connectivity index (χ1) is 11.6. The molecular formula is C17H14Cl2N4O. The smallest absolute Gasteiger partial charge is 0.261 e. The Kier molecular flexibility index (Phi) is 4.83. The van der Waals surface area contributed by atoms with Gasteiger partial charge < -0.3 is 4.90 Å². The molecule has 7 heteroatoms. The van der Waals surface area contributed by atoms with Crippen molar-refractivity contribution < 1.29 is 4.79 Å². The Labute approximate surface area is 149 Å². The van der Waals surface area contributed by atoms with Crippen LogP contribution in [0.4, 0.5) is 5.69 Å². The van der Waals surface area contributed by atoms with E-state index < -0.39 is 0 Å². The lowest BCUT2D eigenvalue weighted by molar-refractivity contribution is 0.0988. The van der Waals surface area contributed by atoms with Gasteiger partial charge >= 0.3 is 0 Å². The number of pyridine rings is 1. The minimum atomic E-state index is -0.151. The molecular weight excluding hydrogens is 347 g/mol. The highest BCUT2D eigenvalue weighted by Crippen LogP contribution is 2.24. The molecule has 5 nitrogen and oxygen atoms in total. The predicted molar refractivity (Wildman–Crippen MR) is 95.2 cm³/mol. The van der Waals surface area contributed by atoms with E-state index in [0.29, 0.717) is 27.8 Å². The summed E-state index contributed by atoms with van der Waals surface area (Å²) in [5.74, 6) is -0.151. The zero-order chi connectivity index (χ0) is 17.1. The average Bonchev–Trinajstić information content (AvgIpc) is 3.06. The number of nitrogens with zero attached hydrogens (tertiary/aromatic N) is 4. The molecule has 122 valence electrons. The molecule has 0 bridgehead atoms. The molecule has 24 heavy (non-hydrogen) atoms. The molecule has 1 aromatic carbocycles. The summed E-state index contributed by atoms with van der Waals surface area (Å²) < 4.78 is 1.56. The fourth-order valence-electron chi connectivity index (χ4n) is 2.34. The Bertz CT molecular complexity index is 864. The monoisotopic (exact) mass is 360 g/mol. The van der Waals surface area contributed by atoms with Crippen molar-refractivity contribution in [3.8, 4) is 5.69 Å². The van der Waals surface area contributed by atoms with Crippen LogP contribution in [-0.2, 0) is 0 Å². The van der Waals surface area contributed by atoms with Gasteiger partial charge in [0.2, 0.25) is 0 Å². The number of amides is 1. The van der Waals surface area contributed by atoms with Crippen LogP contribution < -0.4 is 4.90 Å². The van der Waals surface area contributed by atoms with Crippen LogP contribution in [0, 0.1) is 0 Å². The first kappa shape index (κ1) is 16.5. The highest BCUT2D eigenvalue weighted by Gasteiger charge is 2.18. The van der Waals surface area contributed by atoms with Gasteiger partial charge in [-0.15, -0.1) is 0 Å². The third-order valence-electron chi connectivity index (χ3n) is 3.51. The lowest BCUT2D eigenvalue weighted by Crippen LogP contribution is -2.30. The van der Waals surface area contributed by atoms with Crippen LogP contribution in [0.1, 0.15) is 17.3 Å². The van der Waals surface area contributed by atoms with Crippen LogP contribution in [0.3, 0.4) is 0 Å². The summed E-state index contributed by atoms with van der Waals surface area (Å²) >= 11 is 12.1. The van der Waals surface area contributed by atoms with Crippen molar-refractivity contribution in [3.63, 3.8) is 0 Å². The quantitative estimate of drug-likeness (QED) is 0.698. The van der Waals surface area contributed by atoms with E-state index in [2.05, 4.69) is 10.1 Å². The fraction of sp³-hybridized carbons (Fsp3) is 0.118. The van der Waals surface area contributed by atoms with Crippen LogP contribution in [0.25, 0.3) is 5.69 Å². The number of anilines is 1. The normalized spacial score (nSPS) is 10.6. The minimum Gasteiger partial charge on any atom is -0.307 e. The Morgan fingerprint density at radius 1 is 1.25 bits per heavy atom. The van der Waals surface area contributed by atoms with E-state index in [4.69, 9.17) is 23.2 Å². The summed E-state index contributed by atoms with van der Waals surface area (Å²) in [5.41, 5.74) is 1.86.